The molecule has 0 saturated heterocycles. The maximum Gasteiger partial charge on any atom is 0.115 e. The minimum absolute atomic E-state index is 0.147. The van der Waals surface area contributed by atoms with Crippen LogP contribution in [0.3, 0.4) is 0 Å². The Kier molecular flexibility index (Phi) is 3.29. The summed E-state index contributed by atoms with van der Waals surface area (Å²) in [6.45, 7) is 0.823. The highest BCUT2D eigenvalue weighted by Gasteiger charge is 2.18. The van der Waals surface area contributed by atoms with Crippen LogP contribution in [0.5, 0.6) is 0 Å². The lowest BCUT2D eigenvalue weighted by atomic mass is 9.99. The fraction of sp³-hybridized carbons (Fsp3) is 0.455. The Bertz CT molecular complexity index is 337. The molecule has 1 aliphatic heterocycles. The van der Waals surface area contributed by atoms with E-state index in [0.717, 1.165) is 25.1 Å². The van der Waals surface area contributed by atoms with Crippen molar-refractivity contribution in [3.05, 3.63) is 36.1 Å². The number of likely N-dealkylation sites (N-methyl/N-ethyl adjacent to an activating group) is 1. The van der Waals surface area contributed by atoms with Crippen molar-refractivity contribution in [2.75, 3.05) is 13.7 Å². The van der Waals surface area contributed by atoms with Gasteiger partial charge in [-0.3, -0.25) is 0 Å². The molecule has 1 aromatic rings. The Morgan fingerprint density at radius 1 is 1.53 bits per heavy atom. The molecule has 1 aliphatic rings. The van der Waals surface area contributed by atoms with Crippen LogP contribution < -0.4 is 5.32 Å². The number of rotatable bonds is 3. The van der Waals surface area contributed by atoms with Crippen LogP contribution >= 0.6 is 0 Å². The molecule has 15 heavy (non-hydrogen) atoms. The second-order valence-electron chi connectivity index (χ2n) is 3.52. The van der Waals surface area contributed by atoms with Crippen molar-refractivity contribution in [1.82, 2.24) is 15.3 Å². The molecule has 0 radical (unpaired) electrons. The predicted molar refractivity (Wildman–Crippen MR) is 57.1 cm³/mol. The molecule has 2 rings (SSSR count). The van der Waals surface area contributed by atoms with Crippen LogP contribution in [0.15, 0.2) is 30.4 Å². The van der Waals surface area contributed by atoms with Crippen molar-refractivity contribution in [2.24, 2.45) is 0 Å². The Balaban J connectivity index is 2.20. The predicted octanol–water partition coefficient (Wildman–Crippen LogP) is 1.43. The average Bonchev–Trinajstić information content (AvgIpc) is 2.33. The van der Waals surface area contributed by atoms with E-state index in [-0.39, 0.29) is 6.04 Å². The van der Waals surface area contributed by atoms with Crippen LogP contribution in [-0.2, 0) is 4.74 Å². The molecule has 0 saturated carbocycles. The SMILES string of the molecule is CNC(C1=COCCC1)c1ccncn1. The van der Waals surface area contributed by atoms with Crippen molar-refractivity contribution >= 4 is 0 Å². The average molecular weight is 205 g/mol. The van der Waals surface area contributed by atoms with Gasteiger partial charge in [-0.25, -0.2) is 9.97 Å². The van der Waals surface area contributed by atoms with Gasteiger partial charge in [0.1, 0.15) is 6.33 Å². The molecule has 1 N–H and O–H groups in total. The van der Waals surface area contributed by atoms with E-state index in [9.17, 15) is 0 Å². The lowest BCUT2D eigenvalue weighted by Crippen LogP contribution is -2.21. The van der Waals surface area contributed by atoms with Crippen molar-refractivity contribution in [2.45, 2.75) is 18.9 Å². The van der Waals surface area contributed by atoms with Gasteiger partial charge in [0, 0.05) is 6.20 Å². The highest BCUT2D eigenvalue weighted by atomic mass is 16.5. The van der Waals surface area contributed by atoms with E-state index < -0.39 is 0 Å². The van der Waals surface area contributed by atoms with Crippen molar-refractivity contribution in [3.63, 3.8) is 0 Å². The summed E-state index contributed by atoms with van der Waals surface area (Å²) < 4.78 is 5.34. The quantitative estimate of drug-likeness (QED) is 0.811. The summed E-state index contributed by atoms with van der Waals surface area (Å²) in [5.41, 5.74) is 2.24. The van der Waals surface area contributed by atoms with Crippen LogP contribution in [0.2, 0.25) is 0 Å². The number of nitrogens with zero attached hydrogens (tertiary/aromatic N) is 2. The van der Waals surface area contributed by atoms with Gasteiger partial charge in [0.15, 0.2) is 0 Å². The van der Waals surface area contributed by atoms with Gasteiger partial charge in [-0.05, 0) is 31.5 Å². The number of hydrogen-bond acceptors (Lipinski definition) is 4. The van der Waals surface area contributed by atoms with Gasteiger partial charge < -0.3 is 10.1 Å². The summed E-state index contributed by atoms with van der Waals surface area (Å²) in [5.74, 6) is 0. The number of aromatic nitrogens is 2. The van der Waals surface area contributed by atoms with Gasteiger partial charge in [0.2, 0.25) is 0 Å². The third kappa shape index (κ3) is 2.33. The van der Waals surface area contributed by atoms with Gasteiger partial charge in [-0.15, -0.1) is 0 Å². The Morgan fingerprint density at radius 3 is 3.07 bits per heavy atom. The van der Waals surface area contributed by atoms with Crippen molar-refractivity contribution in [3.8, 4) is 0 Å². The van der Waals surface area contributed by atoms with E-state index in [0.29, 0.717) is 0 Å². The molecule has 0 aliphatic carbocycles. The molecule has 0 bridgehead atoms. The van der Waals surface area contributed by atoms with Crippen LogP contribution in [0, 0.1) is 0 Å². The minimum atomic E-state index is 0.147. The molecule has 0 fully saturated rings. The van der Waals surface area contributed by atoms with E-state index in [1.807, 2.05) is 19.4 Å². The Morgan fingerprint density at radius 2 is 2.47 bits per heavy atom. The van der Waals surface area contributed by atoms with Gasteiger partial charge in [0.25, 0.3) is 0 Å². The number of ether oxygens (including phenoxy) is 1. The number of nitrogens with one attached hydrogen (secondary N) is 1. The summed E-state index contributed by atoms with van der Waals surface area (Å²) >= 11 is 0. The van der Waals surface area contributed by atoms with Crippen LogP contribution in [0.1, 0.15) is 24.6 Å². The zero-order valence-corrected chi connectivity index (χ0v) is 8.81. The molecule has 0 spiro atoms. The first kappa shape index (κ1) is 10.1. The fourth-order valence-corrected chi connectivity index (χ4v) is 1.79. The first-order valence-corrected chi connectivity index (χ1v) is 5.15. The smallest absolute Gasteiger partial charge is 0.115 e. The first-order chi connectivity index (χ1) is 7.42. The Hall–Kier alpha value is -1.42. The van der Waals surface area contributed by atoms with Gasteiger partial charge in [-0.2, -0.15) is 0 Å². The zero-order valence-electron chi connectivity index (χ0n) is 8.81. The molecular weight excluding hydrogens is 190 g/mol. The molecule has 0 amide bonds. The maximum absolute atomic E-state index is 5.34. The molecule has 2 heterocycles. The normalized spacial score (nSPS) is 17.8. The molecule has 1 atom stereocenters. The second kappa shape index (κ2) is 4.89. The molecule has 1 unspecified atom stereocenters. The summed E-state index contributed by atoms with van der Waals surface area (Å²) in [7, 11) is 1.93. The first-order valence-electron chi connectivity index (χ1n) is 5.15. The highest BCUT2D eigenvalue weighted by Crippen LogP contribution is 2.25. The van der Waals surface area contributed by atoms with E-state index in [4.69, 9.17) is 4.74 Å². The number of hydrogen-bond donors (Lipinski definition) is 1. The third-order valence-corrected chi connectivity index (χ3v) is 2.52. The standard InChI is InChI=1S/C11H15N3O/c1-12-11(9-3-2-6-15-7-9)10-4-5-13-8-14-10/h4-5,7-8,11-12H,2-3,6H2,1H3. The summed E-state index contributed by atoms with van der Waals surface area (Å²) in [5, 5.41) is 3.25. The molecule has 0 aromatic carbocycles. The largest absolute Gasteiger partial charge is 0.501 e. The highest BCUT2D eigenvalue weighted by molar-refractivity contribution is 5.20. The molecule has 1 aromatic heterocycles. The molecule has 80 valence electrons. The summed E-state index contributed by atoms with van der Waals surface area (Å²) in [4.78, 5) is 8.17. The third-order valence-electron chi connectivity index (χ3n) is 2.52. The van der Waals surface area contributed by atoms with E-state index in [1.54, 1.807) is 12.5 Å². The molecule has 4 nitrogen and oxygen atoms in total. The van der Waals surface area contributed by atoms with Crippen molar-refractivity contribution in [1.29, 1.82) is 0 Å². The van der Waals surface area contributed by atoms with Crippen LogP contribution in [-0.4, -0.2) is 23.6 Å². The van der Waals surface area contributed by atoms with Gasteiger partial charge >= 0.3 is 0 Å². The second-order valence-corrected chi connectivity index (χ2v) is 3.52. The van der Waals surface area contributed by atoms with E-state index in [1.165, 1.54) is 5.57 Å². The summed E-state index contributed by atoms with van der Waals surface area (Å²) in [6, 6.07) is 2.07. The lowest BCUT2D eigenvalue weighted by Gasteiger charge is -2.22. The van der Waals surface area contributed by atoms with E-state index >= 15 is 0 Å². The molecule has 4 heteroatoms. The zero-order chi connectivity index (χ0) is 10.5. The lowest BCUT2D eigenvalue weighted by molar-refractivity contribution is 0.219. The van der Waals surface area contributed by atoms with Gasteiger partial charge in [-0.1, -0.05) is 0 Å². The minimum Gasteiger partial charge on any atom is -0.501 e. The van der Waals surface area contributed by atoms with Crippen LogP contribution in [0.25, 0.3) is 0 Å². The fourth-order valence-electron chi connectivity index (χ4n) is 1.79. The van der Waals surface area contributed by atoms with Crippen LogP contribution in [0.4, 0.5) is 0 Å². The van der Waals surface area contributed by atoms with Crippen molar-refractivity contribution < 1.29 is 4.74 Å². The monoisotopic (exact) mass is 205 g/mol. The van der Waals surface area contributed by atoms with Gasteiger partial charge in [0.05, 0.1) is 24.6 Å². The summed E-state index contributed by atoms with van der Waals surface area (Å²) in [6.07, 6.45) is 7.33. The topological polar surface area (TPSA) is 47.0 Å². The molecular formula is C11H15N3O. The van der Waals surface area contributed by atoms with E-state index in [2.05, 4.69) is 15.3 Å². The Labute approximate surface area is 89.4 Å². The maximum atomic E-state index is 5.34.